The summed E-state index contributed by atoms with van der Waals surface area (Å²) in [5.41, 5.74) is 0.815. The van der Waals surface area contributed by atoms with E-state index in [2.05, 4.69) is 22.0 Å². The number of piperazine rings is 1. The van der Waals surface area contributed by atoms with Gasteiger partial charge in [-0.15, -0.1) is 0 Å². The highest BCUT2D eigenvalue weighted by Crippen LogP contribution is 2.15. The lowest BCUT2D eigenvalue weighted by Crippen LogP contribution is -2.48. The van der Waals surface area contributed by atoms with Crippen LogP contribution >= 0.6 is 0 Å². The number of rotatable bonds is 6. The van der Waals surface area contributed by atoms with Crippen LogP contribution in [0.2, 0.25) is 0 Å². The maximum absolute atomic E-state index is 12.0. The van der Waals surface area contributed by atoms with E-state index in [0.29, 0.717) is 13.2 Å². The Kier molecular flexibility index (Phi) is 6.02. The molecular formula is C16H25N3O2. The van der Waals surface area contributed by atoms with E-state index in [1.807, 2.05) is 31.2 Å². The van der Waals surface area contributed by atoms with Gasteiger partial charge in [0, 0.05) is 31.9 Å². The lowest BCUT2D eigenvalue weighted by molar-refractivity contribution is -0.117. The highest BCUT2D eigenvalue weighted by atomic mass is 16.5. The van der Waals surface area contributed by atoms with E-state index in [1.54, 1.807) is 0 Å². The van der Waals surface area contributed by atoms with E-state index >= 15 is 0 Å². The number of carbonyl (C=O) groups excluding carboxylic acids is 1. The summed E-state index contributed by atoms with van der Waals surface area (Å²) < 4.78 is 5.38. The molecule has 1 aromatic rings. The van der Waals surface area contributed by atoms with Crippen molar-refractivity contribution < 1.29 is 9.53 Å². The molecule has 5 heteroatoms. The molecule has 1 amide bonds. The van der Waals surface area contributed by atoms with Crippen molar-refractivity contribution in [3.8, 4) is 5.75 Å². The number of ether oxygens (including phenoxy) is 1. The summed E-state index contributed by atoms with van der Waals surface area (Å²) in [5.74, 6) is 0.871. The van der Waals surface area contributed by atoms with Gasteiger partial charge in [0.1, 0.15) is 5.75 Å². The Labute approximate surface area is 126 Å². The number of hydrogen-bond donors (Lipinski definition) is 1. The minimum Gasteiger partial charge on any atom is -0.494 e. The first-order valence-corrected chi connectivity index (χ1v) is 7.68. The minimum absolute atomic E-state index is 0.0455. The van der Waals surface area contributed by atoms with Crippen LogP contribution in [0.15, 0.2) is 24.3 Å². The minimum atomic E-state index is 0.0455. The van der Waals surface area contributed by atoms with Crippen LogP contribution in [0.25, 0.3) is 0 Å². The second-order valence-corrected chi connectivity index (χ2v) is 5.22. The number of carbonyl (C=O) groups is 1. The quantitative estimate of drug-likeness (QED) is 0.866. The summed E-state index contributed by atoms with van der Waals surface area (Å²) in [6.07, 6.45) is 0. The molecule has 1 fully saturated rings. The SMILES string of the molecule is CCOc1ccc(NC(=O)CN2CCN(CC)CC2)cc1. The van der Waals surface area contributed by atoms with Gasteiger partial charge in [0.05, 0.1) is 13.2 Å². The molecule has 1 saturated heterocycles. The van der Waals surface area contributed by atoms with Crippen molar-refractivity contribution >= 4 is 11.6 Å². The molecule has 116 valence electrons. The first-order valence-electron chi connectivity index (χ1n) is 7.68. The van der Waals surface area contributed by atoms with E-state index in [0.717, 1.165) is 44.2 Å². The van der Waals surface area contributed by atoms with Gasteiger partial charge >= 0.3 is 0 Å². The van der Waals surface area contributed by atoms with Gasteiger partial charge in [-0.25, -0.2) is 0 Å². The van der Waals surface area contributed by atoms with Gasteiger partial charge in [-0.2, -0.15) is 0 Å². The summed E-state index contributed by atoms with van der Waals surface area (Å²) >= 11 is 0. The standard InChI is InChI=1S/C16H25N3O2/c1-3-18-9-11-19(12-10-18)13-16(20)17-14-5-7-15(8-6-14)21-4-2/h5-8H,3-4,9-13H2,1-2H3,(H,17,20). The number of anilines is 1. The zero-order valence-electron chi connectivity index (χ0n) is 13.0. The van der Waals surface area contributed by atoms with Crippen LogP contribution in [-0.4, -0.2) is 61.6 Å². The van der Waals surface area contributed by atoms with Crippen LogP contribution in [0.1, 0.15) is 13.8 Å². The first-order chi connectivity index (χ1) is 10.2. The van der Waals surface area contributed by atoms with Crippen LogP contribution in [0.5, 0.6) is 5.75 Å². The van der Waals surface area contributed by atoms with E-state index in [4.69, 9.17) is 4.74 Å². The third kappa shape index (κ3) is 5.02. The first kappa shape index (κ1) is 15.8. The molecule has 0 spiro atoms. The molecule has 1 aliphatic rings. The lowest BCUT2D eigenvalue weighted by Gasteiger charge is -2.33. The second-order valence-electron chi connectivity index (χ2n) is 5.22. The fraction of sp³-hybridized carbons (Fsp3) is 0.562. The van der Waals surface area contributed by atoms with Gasteiger partial charge in [0.25, 0.3) is 0 Å². The molecule has 0 aliphatic carbocycles. The van der Waals surface area contributed by atoms with Gasteiger partial charge in [0.2, 0.25) is 5.91 Å². The molecule has 1 heterocycles. The third-order valence-electron chi connectivity index (χ3n) is 3.73. The fourth-order valence-electron chi connectivity index (χ4n) is 2.47. The molecule has 0 atom stereocenters. The fourth-order valence-corrected chi connectivity index (χ4v) is 2.47. The van der Waals surface area contributed by atoms with E-state index in [-0.39, 0.29) is 5.91 Å². The number of likely N-dealkylation sites (N-methyl/N-ethyl adjacent to an activating group) is 1. The predicted octanol–water partition coefficient (Wildman–Crippen LogP) is 1.66. The van der Waals surface area contributed by atoms with E-state index < -0.39 is 0 Å². The van der Waals surface area contributed by atoms with Crippen molar-refractivity contribution in [2.24, 2.45) is 0 Å². The Balaban J connectivity index is 1.76. The van der Waals surface area contributed by atoms with Crippen molar-refractivity contribution in [2.45, 2.75) is 13.8 Å². The Morgan fingerprint density at radius 1 is 1.10 bits per heavy atom. The molecule has 1 aliphatic heterocycles. The molecule has 1 aromatic carbocycles. The zero-order valence-corrected chi connectivity index (χ0v) is 13.0. The molecule has 0 radical (unpaired) electrons. The topological polar surface area (TPSA) is 44.8 Å². The largest absolute Gasteiger partial charge is 0.494 e. The molecule has 2 rings (SSSR count). The monoisotopic (exact) mass is 291 g/mol. The van der Waals surface area contributed by atoms with Crippen molar-refractivity contribution in [2.75, 3.05) is 51.2 Å². The van der Waals surface area contributed by atoms with Gasteiger partial charge in [-0.3, -0.25) is 9.69 Å². The molecule has 1 N–H and O–H groups in total. The molecule has 21 heavy (non-hydrogen) atoms. The van der Waals surface area contributed by atoms with Crippen LogP contribution in [0.4, 0.5) is 5.69 Å². The number of nitrogens with one attached hydrogen (secondary N) is 1. The number of nitrogens with zero attached hydrogens (tertiary/aromatic N) is 2. The average molecular weight is 291 g/mol. The van der Waals surface area contributed by atoms with Crippen molar-refractivity contribution in [1.82, 2.24) is 9.80 Å². The van der Waals surface area contributed by atoms with E-state index in [9.17, 15) is 4.79 Å². The second kappa shape index (κ2) is 8.00. The lowest BCUT2D eigenvalue weighted by atomic mass is 10.3. The summed E-state index contributed by atoms with van der Waals surface area (Å²) in [6, 6.07) is 7.49. The van der Waals surface area contributed by atoms with Crippen LogP contribution in [0.3, 0.4) is 0 Å². The Morgan fingerprint density at radius 2 is 1.71 bits per heavy atom. The molecule has 0 saturated carbocycles. The third-order valence-corrected chi connectivity index (χ3v) is 3.73. The van der Waals surface area contributed by atoms with Crippen molar-refractivity contribution in [1.29, 1.82) is 0 Å². The van der Waals surface area contributed by atoms with Crippen LogP contribution in [-0.2, 0) is 4.79 Å². The molecular weight excluding hydrogens is 266 g/mol. The van der Waals surface area contributed by atoms with Crippen molar-refractivity contribution in [3.05, 3.63) is 24.3 Å². The van der Waals surface area contributed by atoms with Gasteiger partial charge in [-0.05, 0) is 37.7 Å². The molecule has 0 bridgehead atoms. The van der Waals surface area contributed by atoms with Crippen LogP contribution in [0, 0.1) is 0 Å². The predicted molar refractivity (Wildman–Crippen MR) is 84.8 cm³/mol. The summed E-state index contributed by atoms with van der Waals surface area (Å²) in [5, 5.41) is 2.93. The maximum Gasteiger partial charge on any atom is 0.238 e. The van der Waals surface area contributed by atoms with Gasteiger partial charge in [0.15, 0.2) is 0 Å². The maximum atomic E-state index is 12.0. The van der Waals surface area contributed by atoms with Gasteiger partial charge < -0.3 is 15.0 Å². The Morgan fingerprint density at radius 3 is 2.29 bits per heavy atom. The highest BCUT2D eigenvalue weighted by molar-refractivity contribution is 5.92. The Bertz CT molecular complexity index is 439. The van der Waals surface area contributed by atoms with E-state index in [1.165, 1.54) is 0 Å². The molecule has 5 nitrogen and oxygen atoms in total. The number of amides is 1. The normalized spacial score (nSPS) is 16.7. The summed E-state index contributed by atoms with van der Waals surface area (Å²) in [6.45, 7) is 10.4. The smallest absolute Gasteiger partial charge is 0.238 e. The molecule has 0 unspecified atom stereocenters. The average Bonchev–Trinajstić information content (AvgIpc) is 2.50. The summed E-state index contributed by atoms with van der Waals surface area (Å²) in [4.78, 5) is 16.7. The Hall–Kier alpha value is -1.59. The van der Waals surface area contributed by atoms with Crippen LogP contribution < -0.4 is 10.1 Å². The molecule has 0 aromatic heterocycles. The summed E-state index contributed by atoms with van der Waals surface area (Å²) in [7, 11) is 0. The highest BCUT2D eigenvalue weighted by Gasteiger charge is 2.17. The van der Waals surface area contributed by atoms with Crippen molar-refractivity contribution in [3.63, 3.8) is 0 Å². The van der Waals surface area contributed by atoms with Gasteiger partial charge in [-0.1, -0.05) is 6.92 Å². The number of benzene rings is 1. The number of hydrogen-bond acceptors (Lipinski definition) is 4. The zero-order chi connectivity index (χ0) is 15.1.